The first-order chi connectivity index (χ1) is 14.0. The molecule has 8 heteroatoms. The summed E-state index contributed by atoms with van der Waals surface area (Å²) >= 11 is 0. The molecule has 0 fully saturated rings. The number of carbonyl (C=O) groups excluding carboxylic acids is 2. The summed E-state index contributed by atoms with van der Waals surface area (Å²) in [5.74, 6) is -0.526. The quantitative estimate of drug-likeness (QED) is 0.599. The van der Waals surface area contributed by atoms with Crippen LogP contribution in [0.5, 0.6) is 11.6 Å². The van der Waals surface area contributed by atoms with Crippen LogP contribution in [0.25, 0.3) is 10.9 Å². The number of aromatic hydroxyl groups is 1. The van der Waals surface area contributed by atoms with Crippen molar-refractivity contribution in [2.24, 2.45) is 10.2 Å². The van der Waals surface area contributed by atoms with Crippen LogP contribution in [0.2, 0.25) is 0 Å². The topological polar surface area (TPSA) is 105 Å². The summed E-state index contributed by atoms with van der Waals surface area (Å²) in [4.78, 5) is 23.8. The largest absolute Gasteiger partial charge is 0.493 e. The third kappa shape index (κ3) is 4.60. The standard InChI is InChI=1S/C21H22N4O4/c1-3-25-16-10-6-5-9-15(16)20(21(25)28)24-23-18(26)12-22-19(27)13-29-17-11-7-4-8-14(17)2/h4-11,28H,3,12-13H2,1-2H3,(H,22,27). The highest BCUT2D eigenvalue weighted by Crippen LogP contribution is 2.38. The maximum atomic E-state index is 12.0. The fourth-order valence-electron chi connectivity index (χ4n) is 2.92. The van der Waals surface area contributed by atoms with Gasteiger partial charge in [-0.15, -0.1) is 10.2 Å². The second kappa shape index (κ2) is 9.01. The van der Waals surface area contributed by atoms with Gasteiger partial charge in [-0.25, -0.2) is 0 Å². The molecule has 1 heterocycles. The van der Waals surface area contributed by atoms with Gasteiger partial charge in [-0.1, -0.05) is 36.4 Å². The van der Waals surface area contributed by atoms with E-state index in [0.29, 0.717) is 17.7 Å². The number of amides is 2. The number of para-hydroxylation sites is 2. The van der Waals surface area contributed by atoms with E-state index in [4.69, 9.17) is 4.74 Å². The molecule has 3 rings (SSSR count). The van der Waals surface area contributed by atoms with E-state index in [0.717, 1.165) is 11.1 Å². The Labute approximate surface area is 167 Å². The fraction of sp³-hybridized carbons (Fsp3) is 0.238. The van der Waals surface area contributed by atoms with E-state index in [1.807, 2.05) is 50.2 Å². The Kier molecular flexibility index (Phi) is 6.23. The molecule has 150 valence electrons. The molecular formula is C21H22N4O4. The van der Waals surface area contributed by atoms with E-state index in [1.165, 1.54) is 0 Å². The molecular weight excluding hydrogens is 372 g/mol. The summed E-state index contributed by atoms with van der Waals surface area (Å²) < 4.78 is 7.11. The molecule has 3 aromatic rings. The molecule has 0 radical (unpaired) electrons. The SMILES string of the molecule is CCn1c(O)c(N=NC(=O)CNC(=O)COc2ccccc2C)c2ccccc21. The number of nitrogens with zero attached hydrogens (tertiary/aromatic N) is 3. The smallest absolute Gasteiger partial charge is 0.283 e. The third-order valence-corrected chi connectivity index (χ3v) is 4.38. The van der Waals surface area contributed by atoms with Gasteiger partial charge in [0.05, 0.1) is 5.52 Å². The summed E-state index contributed by atoms with van der Waals surface area (Å²) in [6.07, 6.45) is 0. The molecule has 0 aliphatic heterocycles. The molecule has 2 N–H and O–H groups in total. The lowest BCUT2D eigenvalue weighted by Gasteiger charge is -2.08. The van der Waals surface area contributed by atoms with Crippen molar-refractivity contribution < 1.29 is 19.4 Å². The number of aryl methyl sites for hydroxylation is 2. The number of rotatable bonds is 7. The molecule has 0 aliphatic rings. The van der Waals surface area contributed by atoms with Gasteiger partial charge >= 0.3 is 0 Å². The van der Waals surface area contributed by atoms with Gasteiger partial charge in [-0.2, -0.15) is 0 Å². The number of hydrogen-bond donors (Lipinski definition) is 2. The molecule has 0 spiro atoms. The summed E-state index contributed by atoms with van der Waals surface area (Å²) in [7, 11) is 0. The molecule has 8 nitrogen and oxygen atoms in total. The highest BCUT2D eigenvalue weighted by Gasteiger charge is 2.15. The van der Waals surface area contributed by atoms with Gasteiger partial charge in [0.15, 0.2) is 12.3 Å². The lowest BCUT2D eigenvalue weighted by atomic mass is 10.2. The molecule has 0 saturated heterocycles. The molecule has 2 aromatic carbocycles. The fourth-order valence-corrected chi connectivity index (χ4v) is 2.92. The number of azo groups is 1. The highest BCUT2D eigenvalue weighted by molar-refractivity contribution is 5.95. The van der Waals surface area contributed by atoms with E-state index in [9.17, 15) is 14.7 Å². The zero-order chi connectivity index (χ0) is 20.8. The monoisotopic (exact) mass is 394 g/mol. The Bertz CT molecular complexity index is 1070. The van der Waals surface area contributed by atoms with Crippen LogP contribution < -0.4 is 10.1 Å². The van der Waals surface area contributed by atoms with Gasteiger partial charge < -0.3 is 19.7 Å². The first-order valence-corrected chi connectivity index (χ1v) is 9.21. The zero-order valence-corrected chi connectivity index (χ0v) is 16.3. The predicted molar refractivity (Wildman–Crippen MR) is 108 cm³/mol. The van der Waals surface area contributed by atoms with Crippen LogP contribution in [0.3, 0.4) is 0 Å². The van der Waals surface area contributed by atoms with E-state index in [2.05, 4.69) is 15.5 Å². The number of benzene rings is 2. The number of ether oxygens (including phenoxy) is 1. The summed E-state index contributed by atoms with van der Waals surface area (Å²) in [6, 6.07) is 14.7. The number of fused-ring (bicyclic) bond motifs is 1. The Morgan fingerprint density at radius 2 is 1.86 bits per heavy atom. The van der Waals surface area contributed by atoms with Crippen molar-refractivity contribution in [3.63, 3.8) is 0 Å². The van der Waals surface area contributed by atoms with Crippen LogP contribution in [-0.4, -0.2) is 34.6 Å². The Balaban J connectivity index is 1.58. The van der Waals surface area contributed by atoms with Crippen LogP contribution in [0.15, 0.2) is 58.8 Å². The first kappa shape index (κ1) is 20.1. The van der Waals surface area contributed by atoms with Gasteiger partial charge in [-0.3, -0.25) is 9.59 Å². The number of nitrogens with one attached hydrogen (secondary N) is 1. The van der Waals surface area contributed by atoms with Gasteiger partial charge in [0.25, 0.3) is 11.8 Å². The number of carbonyl (C=O) groups is 2. The van der Waals surface area contributed by atoms with Gasteiger partial charge in [-0.05, 0) is 31.5 Å². The zero-order valence-electron chi connectivity index (χ0n) is 16.3. The van der Waals surface area contributed by atoms with Crippen LogP contribution >= 0.6 is 0 Å². The van der Waals surface area contributed by atoms with Gasteiger partial charge in [0, 0.05) is 11.9 Å². The minimum atomic E-state index is -0.637. The predicted octanol–water partition coefficient (Wildman–Crippen LogP) is 3.48. The second-order valence-electron chi connectivity index (χ2n) is 6.36. The lowest BCUT2D eigenvalue weighted by molar-refractivity contribution is -0.126. The lowest BCUT2D eigenvalue weighted by Crippen LogP contribution is -2.32. The Morgan fingerprint density at radius 3 is 2.62 bits per heavy atom. The van der Waals surface area contributed by atoms with E-state index >= 15 is 0 Å². The van der Waals surface area contributed by atoms with E-state index in [1.54, 1.807) is 16.7 Å². The molecule has 0 unspecified atom stereocenters. The van der Waals surface area contributed by atoms with Crippen LogP contribution in [0.1, 0.15) is 12.5 Å². The first-order valence-electron chi connectivity index (χ1n) is 9.21. The van der Waals surface area contributed by atoms with Crippen molar-refractivity contribution >= 4 is 28.4 Å². The molecule has 0 atom stereocenters. The van der Waals surface area contributed by atoms with Crippen molar-refractivity contribution in [2.75, 3.05) is 13.2 Å². The average Bonchev–Trinajstić information content (AvgIpc) is 3.00. The highest BCUT2D eigenvalue weighted by atomic mass is 16.5. The molecule has 0 bridgehead atoms. The van der Waals surface area contributed by atoms with E-state index < -0.39 is 11.8 Å². The normalized spacial score (nSPS) is 11.1. The van der Waals surface area contributed by atoms with Crippen molar-refractivity contribution in [2.45, 2.75) is 20.4 Å². The number of hydrogen-bond acceptors (Lipinski definition) is 5. The van der Waals surface area contributed by atoms with Crippen molar-refractivity contribution in [3.8, 4) is 11.6 Å². The Hall–Kier alpha value is -3.68. The third-order valence-electron chi connectivity index (χ3n) is 4.38. The van der Waals surface area contributed by atoms with Crippen molar-refractivity contribution in [1.29, 1.82) is 0 Å². The minimum Gasteiger partial charge on any atom is -0.493 e. The van der Waals surface area contributed by atoms with Crippen molar-refractivity contribution in [3.05, 3.63) is 54.1 Å². The van der Waals surface area contributed by atoms with E-state index in [-0.39, 0.29) is 24.7 Å². The molecule has 2 amide bonds. The molecule has 29 heavy (non-hydrogen) atoms. The molecule has 0 aliphatic carbocycles. The van der Waals surface area contributed by atoms with Crippen LogP contribution in [-0.2, 0) is 16.1 Å². The maximum Gasteiger partial charge on any atom is 0.283 e. The van der Waals surface area contributed by atoms with Gasteiger partial charge in [0.2, 0.25) is 5.88 Å². The number of aromatic nitrogens is 1. The summed E-state index contributed by atoms with van der Waals surface area (Å²) in [5, 5.41) is 21.0. The van der Waals surface area contributed by atoms with Crippen molar-refractivity contribution in [1.82, 2.24) is 9.88 Å². The second-order valence-corrected chi connectivity index (χ2v) is 6.36. The summed E-state index contributed by atoms with van der Waals surface area (Å²) in [5.41, 5.74) is 1.94. The molecule has 1 aromatic heterocycles. The summed E-state index contributed by atoms with van der Waals surface area (Å²) in [6.45, 7) is 3.80. The minimum absolute atomic E-state index is 0.0547. The maximum absolute atomic E-state index is 12.0. The van der Waals surface area contributed by atoms with Crippen LogP contribution in [0.4, 0.5) is 5.69 Å². The average molecular weight is 394 g/mol. The molecule has 0 saturated carbocycles. The Morgan fingerprint density at radius 1 is 1.14 bits per heavy atom. The van der Waals surface area contributed by atoms with Gasteiger partial charge in [0.1, 0.15) is 12.3 Å². The van der Waals surface area contributed by atoms with Crippen LogP contribution in [0, 0.1) is 6.92 Å².